The molecular weight excluding hydrogens is 440 g/mol. The van der Waals surface area contributed by atoms with Gasteiger partial charge < -0.3 is 15.2 Å². The Bertz CT molecular complexity index is 1050. The molecule has 4 rings (SSSR count). The zero-order valence-corrected chi connectivity index (χ0v) is 18.6. The van der Waals surface area contributed by atoms with E-state index in [9.17, 15) is 5.11 Å². The van der Waals surface area contributed by atoms with Crippen molar-refractivity contribution in [3.8, 4) is 11.5 Å². The monoisotopic (exact) mass is 464 g/mol. The number of phenols is 1. The third-order valence-electron chi connectivity index (χ3n) is 5.21. The number of rotatable bonds is 5. The van der Waals surface area contributed by atoms with Crippen molar-refractivity contribution in [2.24, 2.45) is 0 Å². The number of benzene rings is 3. The van der Waals surface area contributed by atoms with Crippen LogP contribution in [0.3, 0.4) is 0 Å². The zero-order valence-electron chi connectivity index (χ0n) is 17.0. The second-order valence-electron chi connectivity index (χ2n) is 7.35. The molecule has 4 nitrogen and oxygen atoms in total. The van der Waals surface area contributed by atoms with E-state index in [-0.39, 0.29) is 18.0 Å². The number of hydrogen-bond acceptors (Lipinski definition) is 4. The molecule has 3 aromatic carbocycles. The van der Waals surface area contributed by atoms with E-state index in [1.54, 1.807) is 6.07 Å². The number of aryl methyl sites for hydroxylation is 1. The number of nitrogens with one attached hydrogen (secondary N) is 2. The molecule has 0 aromatic heterocycles. The van der Waals surface area contributed by atoms with E-state index in [2.05, 4.69) is 76.0 Å². The quantitative estimate of drug-likeness (QED) is 0.444. The van der Waals surface area contributed by atoms with Crippen molar-refractivity contribution < 1.29 is 9.84 Å². The number of hydrogen-bond donors (Lipinski definition) is 3. The van der Waals surface area contributed by atoms with Gasteiger partial charge in [0.15, 0.2) is 11.5 Å². The van der Waals surface area contributed by atoms with Crippen LogP contribution in [0.1, 0.15) is 41.4 Å². The van der Waals surface area contributed by atoms with Crippen molar-refractivity contribution in [1.82, 2.24) is 10.6 Å². The fourth-order valence-electron chi connectivity index (χ4n) is 3.63. The summed E-state index contributed by atoms with van der Waals surface area (Å²) in [5.74, 6) is 0.675. The van der Waals surface area contributed by atoms with Gasteiger partial charge in [-0.1, -0.05) is 70.0 Å². The molecule has 0 saturated heterocycles. The van der Waals surface area contributed by atoms with Gasteiger partial charge in [0.1, 0.15) is 6.17 Å². The summed E-state index contributed by atoms with van der Waals surface area (Å²) in [6, 6.07) is 22.1. The minimum absolute atomic E-state index is 0.102. The van der Waals surface area contributed by atoms with Gasteiger partial charge in [0.25, 0.3) is 0 Å². The summed E-state index contributed by atoms with van der Waals surface area (Å²) in [6.07, 6.45) is 2.01. The summed E-state index contributed by atoms with van der Waals surface area (Å²) >= 11 is 3.51. The van der Waals surface area contributed by atoms with Crippen molar-refractivity contribution in [1.29, 1.82) is 0 Å². The summed E-state index contributed by atoms with van der Waals surface area (Å²) in [4.78, 5) is 0. The smallest absolute Gasteiger partial charge is 0.162 e. The summed E-state index contributed by atoms with van der Waals surface area (Å²) in [5.41, 5.74) is 5.24. The lowest BCUT2D eigenvalue weighted by Crippen LogP contribution is -2.39. The third kappa shape index (κ3) is 4.37. The van der Waals surface area contributed by atoms with Crippen LogP contribution in [-0.2, 0) is 0 Å². The topological polar surface area (TPSA) is 53.5 Å². The summed E-state index contributed by atoms with van der Waals surface area (Å²) in [7, 11) is 0. The van der Waals surface area contributed by atoms with E-state index in [1.165, 1.54) is 5.56 Å². The highest BCUT2D eigenvalue weighted by atomic mass is 79.9. The third-order valence-corrected chi connectivity index (χ3v) is 5.74. The van der Waals surface area contributed by atoms with Gasteiger partial charge in [0, 0.05) is 15.7 Å². The molecule has 0 fully saturated rings. The molecule has 0 amide bonds. The maximum atomic E-state index is 10.8. The summed E-state index contributed by atoms with van der Waals surface area (Å²) in [5, 5.41) is 18.1. The largest absolute Gasteiger partial charge is 0.504 e. The van der Waals surface area contributed by atoms with E-state index in [1.807, 2.05) is 31.2 Å². The van der Waals surface area contributed by atoms with Crippen LogP contribution in [0.5, 0.6) is 11.5 Å². The second-order valence-corrected chi connectivity index (χ2v) is 8.26. The lowest BCUT2D eigenvalue weighted by Gasteiger charge is -2.33. The number of aromatic hydroxyl groups is 1. The summed E-state index contributed by atoms with van der Waals surface area (Å²) < 4.78 is 6.63. The van der Waals surface area contributed by atoms with Crippen LogP contribution >= 0.6 is 15.9 Å². The lowest BCUT2D eigenvalue weighted by molar-refractivity contribution is 0.314. The molecule has 1 heterocycles. The molecule has 3 N–H and O–H groups in total. The number of halogens is 1. The van der Waals surface area contributed by atoms with Crippen LogP contribution in [0, 0.1) is 6.92 Å². The van der Waals surface area contributed by atoms with Crippen LogP contribution < -0.4 is 15.4 Å². The average molecular weight is 465 g/mol. The van der Waals surface area contributed by atoms with Crippen molar-refractivity contribution >= 4 is 21.6 Å². The molecule has 0 bridgehead atoms. The Balaban J connectivity index is 1.75. The van der Waals surface area contributed by atoms with E-state index < -0.39 is 0 Å². The zero-order chi connectivity index (χ0) is 21.1. The normalized spacial score (nSPS) is 18.4. The maximum Gasteiger partial charge on any atom is 0.162 e. The van der Waals surface area contributed by atoms with E-state index in [0.29, 0.717) is 12.4 Å². The Morgan fingerprint density at radius 2 is 1.73 bits per heavy atom. The van der Waals surface area contributed by atoms with Crippen molar-refractivity contribution in [2.75, 3.05) is 6.61 Å². The number of para-hydroxylation sites is 1. The molecule has 0 radical (unpaired) electrons. The molecule has 1 aliphatic heterocycles. The Labute approximate surface area is 185 Å². The number of phenolic OH excluding ortho intramolecular Hbond substituents is 1. The van der Waals surface area contributed by atoms with E-state index in [4.69, 9.17) is 4.74 Å². The molecular formula is C25H25BrN2O2. The molecule has 5 heteroatoms. The average Bonchev–Trinajstić information content (AvgIpc) is 2.76. The molecule has 2 atom stereocenters. The molecule has 2 unspecified atom stereocenters. The molecule has 0 saturated carbocycles. The number of ether oxygens (including phenoxy) is 1. The van der Waals surface area contributed by atoms with Crippen LogP contribution in [0.4, 0.5) is 0 Å². The van der Waals surface area contributed by atoms with Gasteiger partial charge in [-0.15, -0.1) is 0 Å². The molecule has 0 aliphatic carbocycles. The van der Waals surface area contributed by atoms with E-state index in [0.717, 1.165) is 26.9 Å². The Morgan fingerprint density at radius 3 is 2.43 bits per heavy atom. The van der Waals surface area contributed by atoms with Crippen LogP contribution in [0.2, 0.25) is 0 Å². The van der Waals surface area contributed by atoms with Gasteiger partial charge in [0.2, 0.25) is 0 Å². The minimum Gasteiger partial charge on any atom is -0.504 e. The standard InChI is InChI=1S/C25H25BrN2O2/c1-3-30-23-6-4-5-20(24(23)29)22-15-21(17-11-13-19(26)14-12-17)27-25(28-22)18-9-7-16(2)8-10-18/h4-15,22,25,27-29H,3H2,1-2H3. The van der Waals surface area contributed by atoms with Gasteiger partial charge >= 0.3 is 0 Å². The van der Waals surface area contributed by atoms with Gasteiger partial charge in [-0.25, -0.2) is 0 Å². The van der Waals surface area contributed by atoms with Gasteiger partial charge in [-0.3, -0.25) is 5.32 Å². The predicted octanol–water partition coefficient (Wildman–Crippen LogP) is 5.84. The highest BCUT2D eigenvalue weighted by Crippen LogP contribution is 2.38. The SMILES string of the molecule is CCOc1cccc(C2C=C(c3ccc(Br)cc3)NC(c3ccc(C)cc3)N2)c1O. The highest BCUT2D eigenvalue weighted by Gasteiger charge is 2.26. The first-order valence-electron chi connectivity index (χ1n) is 10.1. The second kappa shape index (κ2) is 8.94. The fourth-order valence-corrected chi connectivity index (χ4v) is 3.89. The Morgan fingerprint density at radius 1 is 1.00 bits per heavy atom. The lowest BCUT2D eigenvalue weighted by atomic mass is 9.97. The Hall–Kier alpha value is -2.76. The van der Waals surface area contributed by atoms with Gasteiger partial charge in [-0.05, 0) is 49.2 Å². The van der Waals surface area contributed by atoms with Crippen molar-refractivity contribution in [2.45, 2.75) is 26.1 Å². The molecule has 154 valence electrons. The first-order valence-corrected chi connectivity index (χ1v) is 10.9. The molecule has 0 spiro atoms. The fraction of sp³-hybridized carbons (Fsp3) is 0.200. The summed E-state index contributed by atoms with van der Waals surface area (Å²) in [6.45, 7) is 4.50. The molecule has 1 aliphatic rings. The predicted molar refractivity (Wildman–Crippen MR) is 124 cm³/mol. The van der Waals surface area contributed by atoms with Crippen LogP contribution in [0.15, 0.2) is 77.3 Å². The first-order chi connectivity index (χ1) is 14.5. The van der Waals surface area contributed by atoms with Crippen LogP contribution in [0.25, 0.3) is 5.70 Å². The van der Waals surface area contributed by atoms with Crippen molar-refractivity contribution in [3.63, 3.8) is 0 Å². The van der Waals surface area contributed by atoms with Crippen LogP contribution in [-0.4, -0.2) is 11.7 Å². The van der Waals surface area contributed by atoms with Gasteiger partial charge in [0.05, 0.1) is 12.6 Å². The van der Waals surface area contributed by atoms with Crippen molar-refractivity contribution in [3.05, 3.63) is 99.5 Å². The van der Waals surface area contributed by atoms with E-state index >= 15 is 0 Å². The Kier molecular flexibility index (Phi) is 6.11. The highest BCUT2D eigenvalue weighted by molar-refractivity contribution is 9.10. The van der Waals surface area contributed by atoms with Gasteiger partial charge in [-0.2, -0.15) is 0 Å². The molecule has 30 heavy (non-hydrogen) atoms. The molecule has 3 aromatic rings. The first kappa shape index (κ1) is 20.5. The maximum absolute atomic E-state index is 10.8. The minimum atomic E-state index is -0.184.